The number of benzene rings is 1. The lowest BCUT2D eigenvalue weighted by Gasteiger charge is -2.27. The van der Waals surface area contributed by atoms with Crippen LogP contribution in [0.15, 0.2) is 53.7 Å². The van der Waals surface area contributed by atoms with Crippen LogP contribution in [0.25, 0.3) is 0 Å². The summed E-state index contributed by atoms with van der Waals surface area (Å²) in [6.07, 6.45) is 3.42. The zero-order valence-corrected chi connectivity index (χ0v) is 19.3. The van der Waals surface area contributed by atoms with Crippen molar-refractivity contribution in [1.29, 1.82) is 0 Å². The Morgan fingerprint density at radius 1 is 1.18 bits per heavy atom. The van der Waals surface area contributed by atoms with E-state index < -0.39 is 5.97 Å². The minimum absolute atomic E-state index is 0.0321. The maximum absolute atomic E-state index is 13.3. The molecule has 0 saturated carbocycles. The minimum atomic E-state index is -1.09. The number of amides is 2. The van der Waals surface area contributed by atoms with Crippen molar-refractivity contribution in [2.24, 2.45) is 0 Å². The normalized spacial score (nSPS) is 15.8. The SMILES string of the molecule is CCCC1=C(CC)C(=O)N(Cc2ccc(F)cc2)C1SCC(=O)Nc1ccc(C(=O)O)cn1. The van der Waals surface area contributed by atoms with Gasteiger partial charge in [0.15, 0.2) is 0 Å². The number of carbonyl (C=O) groups excluding carboxylic acids is 2. The third-order valence-corrected chi connectivity index (χ3v) is 6.56. The maximum atomic E-state index is 13.3. The molecule has 3 rings (SSSR count). The molecule has 1 aromatic heterocycles. The fourth-order valence-electron chi connectivity index (χ4n) is 3.74. The highest BCUT2D eigenvalue weighted by Gasteiger charge is 2.38. The zero-order chi connectivity index (χ0) is 24.0. The number of halogens is 1. The van der Waals surface area contributed by atoms with Gasteiger partial charge in [0.25, 0.3) is 5.91 Å². The number of hydrogen-bond donors (Lipinski definition) is 2. The van der Waals surface area contributed by atoms with Crippen LogP contribution in [0.1, 0.15) is 49.0 Å². The van der Waals surface area contributed by atoms with Crippen LogP contribution in [0.3, 0.4) is 0 Å². The van der Waals surface area contributed by atoms with E-state index in [9.17, 15) is 18.8 Å². The number of carbonyl (C=O) groups is 3. The second-order valence-electron chi connectivity index (χ2n) is 7.62. The molecular weight excluding hydrogens is 445 g/mol. The summed E-state index contributed by atoms with van der Waals surface area (Å²) in [5.74, 6) is -1.43. The van der Waals surface area contributed by atoms with Crippen LogP contribution in [-0.4, -0.2) is 43.9 Å². The van der Waals surface area contributed by atoms with E-state index in [0.29, 0.717) is 13.0 Å². The molecule has 33 heavy (non-hydrogen) atoms. The first-order chi connectivity index (χ1) is 15.8. The molecule has 2 aromatic rings. The third kappa shape index (κ3) is 5.98. The van der Waals surface area contributed by atoms with Gasteiger partial charge in [0.1, 0.15) is 17.0 Å². The highest BCUT2D eigenvalue weighted by Crippen LogP contribution is 2.38. The summed E-state index contributed by atoms with van der Waals surface area (Å²) in [4.78, 5) is 42.3. The fraction of sp³-hybridized carbons (Fsp3) is 0.333. The summed E-state index contributed by atoms with van der Waals surface area (Å²) in [6.45, 7) is 4.33. The number of hydrogen-bond acceptors (Lipinski definition) is 5. The van der Waals surface area contributed by atoms with Gasteiger partial charge in [-0.15, -0.1) is 11.8 Å². The van der Waals surface area contributed by atoms with Gasteiger partial charge >= 0.3 is 5.97 Å². The van der Waals surface area contributed by atoms with E-state index in [0.717, 1.165) is 29.6 Å². The van der Waals surface area contributed by atoms with Gasteiger partial charge in [-0.2, -0.15) is 0 Å². The average molecular weight is 472 g/mol. The topological polar surface area (TPSA) is 99.6 Å². The highest BCUT2D eigenvalue weighted by molar-refractivity contribution is 8.00. The quantitative estimate of drug-likeness (QED) is 0.531. The largest absolute Gasteiger partial charge is 0.478 e. The molecular formula is C24H26FN3O4S. The Morgan fingerprint density at radius 3 is 2.48 bits per heavy atom. The summed E-state index contributed by atoms with van der Waals surface area (Å²) in [5.41, 5.74) is 2.66. The number of rotatable bonds is 10. The number of aromatic carboxylic acids is 1. The lowest BCUT2D eigenvalue weighted by molar-refractivity contribution is -0.126. The first-order valence-electron chi connectivity index (χ1n) is 10.7. The molecule has 0 aliphatic carbocycles. The van der Waals surface area contributed by atoms with Crippen molar-refractivity contribution >= 4 is 35.4 Å². The number of anilines is 1. The molecule has 0 saturated heterocycles. The van der Waals surface area contributed by atoms with E-state index in [1.54, 1.807) is 17.0 Å². The molecule has 0 bridgehead atoms. The molecule has 7 nitrogen and oxygen atoms in total. The van der Waals surface area contributed by atoms with Crippen molar-refractivity contribution in [3.8, 4) is 0 Å². The molecule has 1 atom stereocenters. The summed E-state index contributed by atoms with van der Waals surface area (Å²) in [7, 11) is 0. The van der Waals surface area contributed by atoms with Crippen molar-refractivity contribution in [1.82, 2.24) is 9.88 Å². The molecule has 0 fully saturated rings. The maximum Gasteiger partial charge on any atom is 0.337 e. The van der Waals surface area contributed by atoms with Crippen LogP contribution in [0.2, 0.25) is 0 Å². The molecule has 1 aliphatic rings. The summed E-state index contributed by atoms with van der Waals surface area (Å²) in [5, 5.41) is 11.3. The van der Waals surface area contributed by atoms with E-state index in [1.165, 1.54) is 42.2 Å². The van der Waals surface area contributed by atoms with Crippen LogP contribution >= 0.6 is 11.8 Å². The number of pyridine rings is 1. The smallest absolute Gasteiger partial charge is 0.337 e. The van der Waals surface area contributed by atoms with E-state index in [1.807, 2.05) is 13.8 Å². The lowest BCUT2D eigenvalue weighted by Crippen LogP contribution is -2.34. The molecule has 9 heteroatoms. The van der Waals surface area contributed by atoms with Gasteiger partial charge in [0, 0.05) is 18.3 Å². The predicted octanol–water partition coefficient (Wildman–Crippen LogP) is 4.47. The van der Waals surface area contributed by atoms with E-state index >= 15 is 0 Å². The van der Waals surface area contributed by atoms with Crippen LogP contribution < -0.4 is 5.32 Å². The van der Waals surface area contributed by atoms with Crippen molar-refractivity contribution in [2.45, 2.75) is 45.0 Å². The molecule has 2 amide bonds. The summed E-state index contributed by atoms with van der Waals surface area (Å²) < 4.78 is 13.3. The van der Waals surface area contributed by atoms with Crippen molar-refractivity contribution in [3.63, 3.8) is 0 Å². The van der Waals surface area contributed by atoms with Gasteiger partial charge in [-0.25, -0.2) is 14.2 Å². The Bertz CT molecular complexity index is 1050. The van der Waals surface area contributed by atoms with Crippen LogP contribution in [-0.2, 0) is 16.1 Å². The Hall–Kier alpha value is -3.20. The summed E-state index contributed by atoms with van der Waals surface area (Å²) >= 11 is 1.36. The molecule has 2 heterocycles. The second kappa shape index (κ2) is 11.1. The number of nitrogens with one attached hydrogen (secondary N) is 1. The van der Waals surface area contributed by atoms with Gasteiger partial charge in [0.2, 0.25) is 5.91 Å². The van der Waals surface area contributed by atoms with Crippen LogP contribution in [0, 0.1) is 5.82 Å². The summed E-state index contributed by atoms with van der Waals surface area (Å²) in [6, 6.07) is 8.86. The van der Waals surface area contributed by atoms with Crippen molar-refractivity contribution in [2.75, 3.05) is 11.1 Å². The first kappa shape index (κ1) is 24.4. The number of aromatic nitrogens is 1. The lowest BCUT2D eigenvalue weighted by atomic mass is 10.0. The van der Waals surface area contributed by atoms with E-state index in [4.69, 9.17) is 5.11 Å². The average Bonchev–Trinajstić information content (AvgIpc) is 3.04. The standard InChI is InChI=1S/C24H26FN3O4S/c1-3-5-19-18(4-2)22(30)28(13-15-6-9-17(25)10-7-15)23(19)33-14-21(29)27-20-11-8-16(12-26-20)24(31)32/h6-12,23H,3-5,13-14H2,1-2H3,(H,31,32)(H,26,27,29). The monoisotopic (exact) mass is 471 g/mol. The van der Waals surface area contributed by atoms with Gasteiger partial charge < -0.3 is 15.3 Å². The van der Waals surface area contributed by atoms with Crippen molar-refractivity contribution in [3.05, 3.63) is 70.7 Å². The minimum Gasteiger partial charge on any atom is -0.478 e. The molecule has 0 radical (unpaired) electrons. The molecule has 2 N–H and O–H groups in total. The number of thioether (sulfide) groups is 1. The molecule has 174 valence electrons. The molecule has 1 aliphatic heterocycles. The van der Waals surface area contributed by atoms with E-state index in [-0.39, 0.29) is 40.1 Å². The number of nitrogens with zero attached hydrogens (tertiary/aromatic N) is 2. The Balaban J connectivity index is 1.73. The number of carboxylic acids is 1. The molecule has 1 unspecified atom stereocenters. The highest BCUT2D eigenvalue weighted by atomic mass is 32.2. The Labute approximate surface area is 196 Å². The van der Waals surface area contributed by atoms with Gasteiger partial charge in [-0.3, -0.25) is 9.59 Å². The van der Waals surface area contributed by atoms with Crippen LogP contribution in [0.4, 0.5) is 10.2 Å². The fourth-order valence-corrected chi connectivity index (χ4v) is 4.93. The van der Waals surface area contributed by atoms with Gasteiger partial charge in [-0.05, 0) is 48.2 Å². The van der Waals surface area contributed by atoms with Gasteiger partial charge in [0.05, 0.1) is 11.3 Å². The second-order valence-corrected chi connectivity index (χ2v) is 8.68. The van der Waals surface area contributed by atoms with Crippen LogP contribution in [0.5, 0.6) is 0 Å². The Kier molecular flexibility index (Phi) is 8.21. The van der Waals surface area contributed by atoms with E-state index in [2.05, 4.69) is 10.3 Å². The third-order valence-electron chi connectivity index (χ3n) is 5.28. The molecule has 1 aromatic carbocycles. The Morgan fingerprint density at radius 2 is 1.91 bits per heavy atom. The molecule has 0 spiro atoms. The van der Waals surface area contributed by atoms with Crippen molar-refractivity contribution < 1.29 is 23.9 Å². The number of carboxylic acid groups (broad SMARTS) is 1. The predicted molar refractivity (Wildman–Crippen MR) is 125 cm³/mol. The first-order valence-corrected chi connectivity index (χ1v) is 11.8. The zero-order valence-electron chi connectivity index (χ0n) is 18.5. The van der Waals surface area contributed by atoms with Gasteiger partial charge in [-0.1, -0.05) is 32.4 Å².